The molecule has 0 radical (unpaired) electrons. The van der Waals surface area contributed by atoms with Gasteiger partial charge in [0.25, 0.3) is 0 Å². The number of nitrogens with zero attached hydrogens (tertiary/aromatic N) is 1. The van der Waals surface area contributed by atoms with E-state index in [0.29, 0.717) is 19.4 Å². The molecule has 0 unspecified atom stereocenters. The minimum absolute atomic E-state index is 0.00756. The summed E-state index contributed by atoms with van der Waals surface area (Å²) < 4.78 is 5.47. The second-order valence-corrected chi connectivity index (χ2v) is 17.9. The van der Waals surface area contributed by atoms with Crippen molar-refractivity contribution in [3.8, 4) is 0 Å². The normalized spacial score (nSPS) is 16.3. The number of H-pyrrole nitrogens is 1. The summed E-state index contributed by atoms with van der Waals surface area (Å²) in [5, 5.41) is 38.4. The van der Waals surface area contributed by atoms with Crippen molar-refractivity contribution in [3.63, 3.8) is 0 Å². The fourth-order valence-electron chi connectivity index (χ4n) is 8.19. The van der Waals surface area contributed by atoms with Gasteiger partial charge in [0.15, 0.2) is 0 Å². The van der Waals surface area contributed by atoms with Gasteiger partial charge in [-0.15, -0.1) is 0 Å². The summed E-state index contributed by atoms with van der Waals surface area (Å²) in [7, 11) is 0. The van der Waals surface area contributed by atoms with Crippen molar-refractivity contribution in [1.82, 2.24) is 36.6 Å². The zero-order valence-corrected chi connectivity index (χ0v) is 37.5. The molecule has 0 aliphatic heterocycles. The number of aromatic nitrogens is 2. The van der Waals surface area contributed by atoms with Crippen molar-refractivity contribution in [2.45, 2.75) is 103 Å². The van der Waals surface area contributed by atoms with Crippen LogP contribution in [0.15, 0.2) is 133 Å². The van der Waals surface area contributed by atoms with Gasteiger partial charge in [-0.25, -0.2) is 9.78 Å². The van der Waals surface area contributed by atoms with Crippen LogP contribution in [0.25, 0.3) is 11.0 Å². The van der Waals surface area contributed by atoms with E-state index in [1.54, 1.807) is 0 Å². The second-order valence-electron chi connectivity index (χ2n) is 17.9. The van der Waals surface area contributed by atoms with Gasteiger partial charge in [0.2, 0.25) is 17.7 Å². The first-order valence-corrected chi connectivity index (χ1v) is 22.4. The lowest BCUT2D eigenvalue weighted by Crippen LogP contribution is -2.62. The van der Waals surface area contributed by atoms with Gasteiger partial charge in [-0.05, 0) is 57.3 Å². The highest BCUT2D eigenvalue weighted by molar-refractivity contribution is 5.87. The molecule has 14 heteroatoms. The van der Waals surface area contributed by atoms with E-state index >= 15 is 0 Å². The molecule has 6 aromatic rings. The molecule has 7 rings (SSSR count). The van der Waals surface area contributed by atoms with Gasteiger partial charge in [0.1, 0.15) is 24.5 Å². The number of carbonyl (C=O) groups excluding carboxylic acids is 4. The van der Waals surface area contributed by atoms with Gasteiger partial charge in [0, 0.05) is 32.4 Å². The highest BCUT2D eigenvalue weighted by Crippen LogP contribution is 2.31. The molecule has 1 heterocycles. The Morgan fingerprint density at radius 3 is 2.09 bits per heavy atom. The number of aryl methyl sites for hydroxylation is 1. The van der Waals surface area contributed by atoms with Gasteiger partial charge in [-0.3, -0.25) is 19.7 Å². The SMILES string of the molecule is CC(C)(C)[C@H](NC(=O)OCc1ccccc1)C(=O)N[C@@H](Cc1ccccc1)[C@H](O)[C@@H](NCc1ccc(CNC(=O)CCc2nc3ccccc3[nH]2)cc1)C(=O)N[C@H]1c2ccccc2C[C@H]1O. The van der Waals surface area contributed by atoms with Crippen LogP contribution in [0.1, 0.15) is 72.4 Å². The van der Waals surface area contributed by atoms with Crippen molar-refractivity contribution in [3.05, 3.63) is 173 Å². The van der Waals surface area contributed by atoms with Crippen LogP contribution in [0.2, 0.25) is 0 Å². The number of aromatic amines is 1. The molecule has 0 spiro atoms. The second kappa shape index (κ2) is 21.9. The maximum absolute atomic E-state index is 14.5. The smallest absolute Gasteiger partial charge is 0.408 e. The molecule has 4 amide bonds. The van der Waals surface area contributed by atoms with E-state index in [1.807, 2.05) is 154 Å². The third-order valence-electron chi connectivity index (χ3n) is 11.8. The number of aliphatic hydroxyl groups excluding tert-OH is 2. The van der Waals surface area contributed by atoms with Crippen molar-refractivity contribution in [2.24, 2.45) is 5.41 Å². The van der Waals surface area contributed by atoms with E-state index < -0.39 is 59.7 Å². The molecule has 344 valence electrons. The Balaban J connectivity index is 1.05. The maximum atomic E-state index is 14.5. The van der Waals surface area contributed by atoms with Crippen LogP contribution in [0, 0.1) is 5.41 Å². The topological polar surface area (TPSA) is 207 Å². The number of hydrogen-bond acceptors (Lipinski definition) is 9. The third-order valence-corrected chi connectivity index (χ3v) is 11.8. The first kappa shape index (κ1) is 47.1. The molecule has 0 saturated heterocycles. The lowest BCUT2D eigenvalue weighted by molar-refractivity contribution is -0.131. The van der Waals surface area contributed by atoms with E-state index in [0.717, 1.165) is 50.2 Å². The molecular formula is C52H59N7O7. The summed E-state index contributed by atoms with van der Waals surface area (Å²) in [6.45, 7) is 5.90. The van der Waals surface area contributed by atoms with Crippen molar-refractivity contribution in [2.75, 3.05) is 0 Å². The standard InChI is InChI=1S/C52H59N7O7/c1-52(2,3)48(59-51(65)66-32-36-16-8-5-9-17-36)50(64)57-41(28-33-14-6-4-7-15-33)47(62)46(49(63)58-45-38-19-11-10-18-37(38)29-42(45)60)54-31-35-24-22-34(23-25-35)30-53-44(61)27-26-43-55-39-20-12-13-21-40(39)56-43/h4-25,41-42,45-48,54,60,62H,26-32H2,1-3H3,(H,53,61)(H,55,56)(H,57,64)(H,58,63)(H,59,65)/t41-,42+,45-,46+,47-,48+/m0/s1. The van der Waals surface area contributed by atoms with Gasteiger partial charge in [0.05, 0.1) is 35.3 Å². The molecule has 0 bridgehead atoms. The summed E-state index contributed by atoms with van der Waals surface area (Å²) in [6, 6.07) is 37.1. The lowest BCUT2D eigenvalue weighted by atomic mass is 9.85. The molecule has 0 saturated carbocycles. The Hall–Kier alpha value is -6.87. The van der Waals surface area contributed by atoms with Crippen LogP contribution >= 0.6 is 0 Å². The molecule has 66 heavy (non-hydrogen) atoms. The minimum atomic E-state index is -1.51. The average Bonchev–Trinajstić information content (AvgIpc) is 3.88. The Morgan fingerprint density at radius 2 is 1.39 bits per heavy atom. The van der Waals surface area contributed by atoms with Crippen LogP contribution in [0.5, 0.6) is 0 Å². The molecular weight excluding hydrogens is 835 g/mol. The maximum Gasteiger partial charge on any atom is 0.408 e. The van der Waals surface area contributed by atoms with Crippen LogP contribution in [0.4, 0.5) is 4.79 Å². The monoisotopic (exact) mass is 893 g/mol. The molecule has 1 aliphatic rings. The average molecular weight is 894 g/mol. The van der Waals surface area contributed by atoms with E-state index in [-0.39, 0.29) is 31.9 Å². The predicted octanol–water partition coefficient (Wildman–Crippen LogP) is 5.47. The van der Waals surface area contributed by atoms with E-state index in [9.17, 15) is 29.4 Å². The summed E-state index contributed by atoms with van der Waals surface area (Å²) in [5.74, 6) is -0.506. The highest BCUT2D eigenvalue weighted by atomic mass is 16.5. The van der Waals surface area contributed by atoms with E-state index in [4.69, 9.17) is 4.74 Å². The Kier molecular flexibility index (Phi) is 15.6. The molecule has 5 aromatic carbocycles. The summed E-state index contributed by atoms with van der Waals surface area (Å²) in [5.41, 5.74) is 5.95. The molecule has 1 aromatic heterocycles. The number of nitrogens with one attached hydrogen (secondary N) is 6. The van der Waals surface area contributed by atoms with E-state index in [2.05, 4.69) is 36.6 Å². The van der Waals surface area contributed by atoms with E-state index in [1.165, 1.54) is 0 Å². The summed E-state index contributed by atoms with van der Waals surface area (Å²) >= 11 is 0. The number of aliphatic hydroxyl groups is 2. The Morgan fingerprint density at radius 1 is 0.758 bits per heavy atom. The lowest BCUT2D eigenvalue weighted by Gasteiger charge is -2.35. The van der Waals surface area contributed by atoms with Crippen LogP contribution in [0.3, 0.4) is 0 Å². The van der Waals surface area contributed by atoms with Gasteiger partial charge in [-0.1, -0.05) is 142 Å². The number of benzene rings is 5. The third kappa shape index (κ3) is 12.7. The van der Waals surface area contributed by atoms with Crippen molar-refractivity contribution < 1.29 is 34.1 Å². The number of rotatable bonds is 19. The minimum Gasteiger partial charge on any atom is -0.445 e. The van der Waals surface area contributed by atoms with Gasteiger partial charge < -0.3 is 41.2 Å². The first-order valence-electron chi connectivity index (χ1n) is 22.4. The molecule has 6 atom stereocenters. The fourth-order valence-corrected chi connectivity index (χ4v) is 8.19. The predicted molar refractivity (Wildman–Crippen MR) is 251 cm³/mol. The highest BCUT2D eigenvalue weighted by Gasteiger charge is 2.40. The number of hydrogen-bond donors (Lipinski definition) is 8. The summed E-state index contributed by atoms with van der Waals surface area (Å²) in [6.07, 6.45) is -1.93. The number of imidazole rings is 1. The zero-order chi connectivity index (χ0) is 46.6. The largest absolute Gasteiger partial charge is 0.445 e. The fraction of sp³-hybridized carbons (Fsp3) is 0.327. The number of alkyl carbamates (subject to hydrolysis) is 1. The van der Waals surface area contributed by atoms with Crippen molar-refractivity contribution in [1.29, 1.82) is 0 Å². The molecule has 0 fully saturated rings. The molecule has 1 aliphatic carbocycles. The molecule has 14 nitrogen and oxygen atoms in total. The molecule has 8 N–H and O–H groups in total. The quantitative estimate of drug-likeness (QED) is 0.0518. The van der Waals surface area contributed by atoms with Gasteiger partial charge >= 0.3 is 6.09 Å². The van der Waals surface area contributed by atoms with Crippen LogP contribution in [-0.2, 0) is 58.1 Å². The Labute approximate surface area is 385 Å². The summed E-state index contributed by atoms with van der Waals surface area (Å²) in [4.78, 5) is 62.5. The van der Waals surface area contributed by atoms with Crippen LogP contribution < -0.4 is 26.6 Å². The van der Waals surface area contributed by atoms with Crippen LogP contribution in [-0.4, -0.2) is 74.3 Å². The van der Waals surface area contributed by atoms with Gasteiger partial charge in [-0.2, -0.15) is 0 Å². The number of ether oxygens (including phenoxy) is 1. The van der Waals surface area contributed by atoms with Crippen molar-refractivity contribution >= 4 is 34.8 Å². The number of fused-ring (bicyclic) bond motifs is 2. The number of amides is 4. The zero-order valence-electron chi connectivity index (χ0n) is 37.5. The number of carbonyl (C=O) groups is 4. The first-order chi connectivity index (χ1) is 31.8. The Bertz CT molecular complexity index is 2530. The number of para-hydroxylation sites is 2.